The van der Waals surface area contributed by atoms with E-state index in [0.29, 0.717) is 22.6 Å². The maximum absolute atomic E-state index is 12.8. The summed E-state index contributed by atoms with van der Waals surface area (Å²) in [4.78, 5) is 24.0. The molecular formula is C24H23F3N4O3. The summed E-state index contributed by atoms with van der Waals surface area (Å²) < 4.78 is 45.0. The molecule has 0 aliphatic carbocycles. The molecule has 0 unspecified atom stereocenters. The van der Waals surface area contributed by atoms with Crippen LogP contribution in [-0.2, 0) is 20.9 Å². The highest BCUT2D eigenvalue weighted by Gasteiger charge is 2.36. The van der Waals surface area contributed by atoms with Crippen LogP contribution in [0.3, 0.4) is 0 Å². The van der Waals surface area contributed by atoms with Crippen molar-refractivity contribution in [3.8, 4) is 16.9 Å². The van der Waals surface area contributed by atoms with Gasteiger partial charge in [0.15, 0.2) is 11.9 Å². The molecule has 2 amide bonds. The quantitative estimate of drug-likeness (QED) is 0.543. The van der Waals surface area contributed by atoms with Gasteiger partial charge < -0.3 is 15.4 Å². The Morgan fingerprint density at radius 3 is 2.65 bits per heavy atom. The van der Waals surface area contributed by atoms with Gasteiger partial charge in [-0.1, -0.05) is 36.4 Å². The van der Waals surface area contributed by atoms with Gasteiger partial charge in [0.2, 0.25) is 11.8 Å². The predicted octanol–water partition coefficient (Wildman–Crippen LogP) is 4.08. The van der Waals surface area contributed by atoms with E-state index in [4.69, 9.17) is 4.74 Å². The van der Waals surface area contributed by atoms with Gasteiger partial charge in [-0.15, -0.1) is 5.10 Å². The zero-order valence-electron chi connectivity index (χ0n) is 18.3. The van der Waals surface area contributed by atoms with Gasteiger partial charge in [0.1, 0.15) is 0 Å². The standard InChI is InChI=1S/C24H23F3N4O3/c1-15(24(25,26)27)34-14-16-6-5-7-17(10-16)20-12-21(29-23(33)18-11-22(32)28-13-18)30-31(20)19-8-3-2-4-9-19/h2-10,12,15,18H,11,13-14H2,1H3,(H,28,32)(H,29,30,33)/t15-,18-/m1/s1. The molecule has 2 atom stereocenters. The summed E-state index contributed by atoms with van der Waals surface area (Å²) in [5.41, 5.74) is 2.63. The Hall–Kier alpha value is -3.66. The average Bonchev–Trinajstić information content (AvgIpc) is 3.44. The number of aromatic nitrogens is 2. The summed E-state index contributed by atoms with van der Waals surface area (Å²) in [6, 6.07) is 17.9. The Morgan fingerprint density at radius 1 is 1.21 bits per heavy atom. The summed E-state index contributed by atoms with van der Waals surface area (Å²) in [7, 11) is 0. The van der Waals surface area contributed by atoms with Gasteiger partial charge in [-0.05, 0) is 30.7 Å². The van der Waals surface area contributed by atoms with Crippen LogP contribution in [-0.4, -0.2) is 40.4 Å². The number of hydrogen-bond acceptors (Lipinski definition) is 4. The van der Waals surface area contributed by atoms with E-state index in [9.17, 15) is 22.8 Å². The lowest BCUT2D eigenvalue weighted by atomic mass is 10.1. The fourth-order valence-corrected chi connectivity index (χ4v) is 3.57. The number of para-hydroxylation sites is 1. The van der Waals surface area contributed by atoms with Crippen LogP contribution in [0.15, 0.2) is 60.7 Å². The molecule has 1 saturated heterocycles. The number of ether oxygens (including phenoxy) is 1. The molecule has 1 aliphatic rings. The summed E-state index contributed by atoms with van der Waals surface area (Å²) >= 11 is 0. The number of anilines is 1. The third kappa shape index (κ3) is 5.45. The second-order valence-corrected chi connectivity index (χ2v) is 8.05. The number of nitrogens with one attached hydrogen (secondary N) is 2. The van der Waals surface area contributed by atoms with Crippen molar-refractivity contribution in [2.45, 2.75) is 32.2 Å². The number of rotatable bonds is 7. The van der Waals surface area contributed by atoms with Gasteiger partial charge in [-0.3, -0.25) is 9.59 Å². The van der Waals surface area contributed by atoms with Gasteiger partial charge in [-0.25, -0.2) is 4.68 Å². The first-order chi connectivity index (χ1) is 16.2. The van der Waals surface area contributed by atoms with Crippen molar-refractivity contribution in [2.24, 2.45) is 5.92 Å². The van der Waals surface area contributed by atoms with Crippen molar-refractivity contribution in [1.29, 1.82) is 0 Å². The molecule has 2 heterocycles. The summed E-state index contributed by atoms with van der Waals surface area (Å²) in [6.07, 6.45) is -6.20. The van der Waals surface area contributed by atoms with Crippen LogP contribution in [0.5, 0.6) is 0 Å². The molecule has 3 aromatic rings. The molecule has 0 radical (unpaired) electrons. The van der Waals surface area contributed by atoms with E-state index in [1.807, 2.05) is 30.3 Å². The average molecular weight is 472 g/mol. The van der Waals surface area contributed by atoms with Crippen LogP contribution in [0.25, 0.3) is 16.9 Å². The molecule has 1 fully saturated rings. The van der Waals surface area contributed by atoms with Gasteiger partial charge in [0, 0.05) is 24.6 Å². The lowest BCUT2D eigenvalue weighted by molar-refractivity contribution is -0.217. The summed E-state index contributed by atoms with van der Waals surface area (Å²) in [6.45, 7) is 1.03. The Morgan fingerprint density at radius 2 is 1.97 bits per heavy atom. The van der Waals surface area contributed by atoms with E-state index in [2.05, 4.69) is 15.7 Å². The fourth-order valence-electron chi connectivity index (χ4n) is 3.57. The second kappa shape index (κ2) is 9.68. The first-order valence-electron chi connectivity index (χ1n) is 10.7. The predicted molar refractivity (Wildman–Crippen MR) is 119 cm³/mol. The number of carbonyl (C=O) groups excluding carboxylic acids is 2. The van der Waals surface area contributed by atoms with E-state index in [1.165, 1.54) is 0 Å². The van der Waals surface area contributed by atoms with Gasteiger partial charge >= 0.3 is 6.18 Å². The largest absolute Gasteiger partial charge is 0.414 e. The van der Waals surface area contributed by atoms with Crippen molar-refractivity contribution in [3.05, 3.63) is 66.2 Å². The minimum atomic E-state index is -4.43. The molecule has 4 rings (SSSR count). The van der Waals surface area contributed by atoms with Crippen LogP contribution < -0.4 is 10.6 Å². The SMILES string of the molecule is C[C@@H](OCc1cccc(-c2cc(NC(=O)[C@H]3CNC(=O)C3)nn2-c2ccccc2)c1)C(F)(F)F. The number of amides is 2. The maximum atomic E-state index is 12.8. The molecule has 7 nitrogen and oxygen atoms in total. The highest BCUT2D eigenvalue weighted by Crippen LogP contribution is 2.28. The van der Waals surface area contributed by atoms with Crippen LogP contribution in [0.1, 0.15) is 18.9 Å². The Balaban J connectivity index is 1.61. The van der Waals surface area contributed by atoms with E-state index < -0.39 is 18.2 Å². The number of halogens is 3. The Labute approximate surface area is 193 Å². The first kappa shape index (κ1) is 23.5. The van der Waals surface area contributed by atoms with Crippen molar-refractivity contribution in [3.63, 3.8) is 0 Å². The maximum Gasteiger partial charge on any atom is 0.414 e. The number of nitrogens with zero attached hydrogens (tertiary/aromatic N) is 2. The molecule has 0 spiro atoms. The van der Waals surface area contributed by atoms with Crippen LogP contribution in [0.4, 0.5) is 19.0 Å². The smallest absolute Gasteiger partial charge is 0.364 e. The highest BCUT2D eigenvalue weighted by atomic mass is 19.4. The van der Waals surface area contributed by atoms with Crippen molar-refractivity contribution in [2.75, 3.05) is 11.9 Å². The zero-order valence-corrected chi connectivity index (χ0v) is 18.3. The van der Waals surface area contributed by atoms with Crippen molar-refractivity contribution < 1.29 is 27.5 Å². The normalized spacial score (nSPS) is 16.8. The van der Waals surface area contributed by atoms with Crippen LogP contribution in [0, 0.1) is 5.92 Å². The monoisotopic (exact) mass is 472 g/mol. The van der Waals surface area contributed by atoms with Gasteiger partial charge in [0.25, 0.3) is 0 Å². The molecule has 0 saturated carbocycles. The van der Waals surface area contributed by atoms with Gasteiger partial charge in [0.05, 0.1) is 23.9 Å². The van der Waals surface area contributed by atoms with E-state index in [1.54, 1.807) is 35.0 Å². The third-order valence-electron chi connectivity index (χ3n) is 5.49. The number of carbonyl (C=O) groups is 2. The third-order valence-corrected chi connectivity index (χ3v) is 5.49. The number of benzene rings is 2. The molecule has 1 aromatic heterocycles. The minimum absolute atomic E-state index is 0.122. The first-order valence-corrected chi connectivity index (χ1v) is 10.7. The highest BCUT2D eigenvalue weighted by molar-refractivity contribution is 5.97. The molecule has 0 bridgehead atoms. The summed E-state index contributed by atoms with van der Waals surface area (Å²) in [5.74, 6) is -0.662. The zero-order chi connectivity index (χ0) is 24.3. The number of alkyl halides is 3. The number of hydrogen-bond donors (Lipinski definition) is 2. The topological polar surface area (TPSA) is 85.2 Å². The second-order valence-electron chi connectivity index (χ2n) is 8.05. The summed E-state index contributed by atoms with van der Waals surface area (Å²) in [5, 5.41) is 9.92. The minimum Gasteiger partial charge on any atom is -0.364 e. The molecular weight excluding hydrogens is 449 g/mol. The van der Waals surface area contributed by atoms with Crippen LogP contribution >= 0.6 is 0 Å². The fraction of sp³-hybridized carbons (Fsp3) is 0.292. The Kier molecular flexibility index (Phi) is 6.69. The van der Waals surface area contributed by atoms with Gasteiger partial charge in [-0.2, -0.15) is 13.2 Å². The van der Waals surface area contributed by atoms with E-state index in [-0.39, 0.29) is 31.4 Å². The molecule has 1 aliphatic heterocycles. The van der Waals surface area contributed by atoms with E-state index in [0.717, 1.165) is 12.6 Å². The van der Waals surface area contributed by atoms with E-state index >= 15 is 0 Å². The van der Waals surface area contributed by atoms with Crippen LogP contribution in [0.2, 0.25) is 0 Å². The molecule has 2 N–H and O–H groups in total. The molecule has 178 valence electrons. The van der Waals surface area contributed by atoms with Crippen molar-refractivity contribution >= 4 is 17.6 Å². The lowest BCUT2D eigenvalue weighted by Crippen LogP contribution is -2.28. The Bertz CT molecular complexity index is 1180. The molecule has 2 aromatic carbocycles. The van der Waals surface area contributed by atoms with Crippen molar-refractivity contribution in [1.82, 2.24) is 15.1 Å². The lowest BCUT2D eigenvalue weighted by Gasteiger charge is -2.16. The molecule has 34 heavy (non-hydrogen) atoms. The molecule has 10 heteroatoms.